The molecule has 1 aromatic rings. The largest absolute Gasteiger partial charge is 0.351 e. The number of piperidine rings is 1. The van der Waals surface area contributed by atoms with Crippen LogP contribution in [0.25, 0.3) is 0 Å². The van der Waals surface area contributed by atoms with Crippen molar-refractivity contribution in [3.05, 3.63) is 17.5 Å². The van der Waals surface area contributed by atoms with Gasteiger partial charge < -0.3 is 14.7 Å². The Hall–Kier alpha value is -1.36. The summed E-state index contributed by atoms with van der Waals surface area (Å²) in [6, 6.07) is 1.65. The van der Waals surface area contributed by atoms with Crippen molar-refractivity contribution < 1.29 is 9.32 Å². The predicted octanol–water partition coefficient (Wildman–Crippen LogP) is 1.83. The van der Waals surface area contributed by atoms with E-state index in [0.29, 0.717) is 12.3 Å². The molecule has 0 spiro atoms. The third kappa shape index (κ3) is 4.35. The number of carbonyl (C=O) groups is 1. The van der Waals surface area contributed by atoms with Crippen molar-refractivity contribution in [2.24, 2.45) is 5.92 Å². The summed E-state index contributed by atoms with van der Waals surface area (Å²) < 4.78 is 4.91. The molecule has 1 aliphatic heterocycles. The molecule has 1 fully saturated rings. The summed E-state index contributed by atoms with van der Waals surface area (Å²) in [4.78, 5) is 14.2. The lowest BCUT2D eigenvalue weighted by molar-refractivity contribution is 0.0913. The van der Waals surface area contributed by atoms with Crippen LogP contribution in [-0.2, 0) is 0 Å². The molecule has 106 valence electrons. The number of amides is 1. The summed E-state index contributed by atoms with van der Waals surface area (Å²) in [5.41, 5.74) is 0.729. The molecule has 1 N–H and O–H groups in total. The number of hydrogen-bond acceptors (Lipinski definition) is 4. The average Bonchev–Trinajstić information content (AvgIpc) is 2.83. The standard InChI is InChI=1S/C14H23N3O2/c1-11-4-8-17(9-5-11)7-3-6-15-14(18)13-10-12(2)16-19-13/h10-11H,3-9H2,1-2H3,(H,15,18). The van der Waals surface area contributed by atoms with Crippen LogP contribution in [0.15, 0.2) is 10.6 Å². The molecule has 5 nitrogen and oxygen atoms in total. The molecule has 0 aromatic carbocycles. The summed E-state index contributed by atoms with van der Waals surface area (Å²) in [6.45, 7) is 8.24. The molecule has 0 bridgehead atoms. The SMILES string of the molecule is Cc1cc(C(=O)NCCCN2CCC(C)CC2)on1. The molecule has 2 heterocycles. The van der Waals surface area contributed by atoms with Gasteiger partial charge in [0.25, 0.3) is 5.91 Å². The number of hydrogen-bond donors (Lipinski definition) is 1. The molecule has 1 saturated heterocycles. The summed E-state index contributed by atoms with van der Waals surface area (Å²) >= 11 is 0. The molecule has 0 unspecified atom stereocenters. The maximum absolute atomic E-state index is 11.7. The summed E-state index contributed by atoms with van der Waals surface area (Å²) in [5, 5.41) is 6.56. The lowest BCUT2D eigenvalue weighted by Crippen LogP contribution is -2.35. The molecule has 1 amide bonds. The van der Waals surface area contributed by atoms with Crippen molar-refractivity contribution in [3.8, 4) is 0 Å². The monoisotopic (exact) mass is 265 g/mol. The minimum absolute atomic E-state index is 0.173. The molecular weight excluding hydrogens is 242 g/mol. The molecule has 0 radical (unpaired) electrons. The van der Waals surface area contributed by atoms with Gasteiger partial charge in [0.05, 0.1) is 5.69 Å². The van der Waals surface area contributed by atoms with Crippen LogP contribution >= 0.6 is 0 Å². The Kier molecular flexibility index (Phi) is 4.96. The van der Waals surface area contributed by atoms with Crippen LogP contribution in [0, 0.1) is 12.8 Å². The number of carbonyl (C=O) groups excluding carboxylic acids is 1. The molecule has 0 saturated carbocycles. The lowest BCUT2D eigenvalue weighted by Gasteiger charge is -2.30. The Bertz CT molecular complexity index is 409. The van der Waals surface area contributed by atoms with Gasteiger partial charge in [0.2, 0.25) is 5.76 Å². The van der Waals surface area contributed by atoms with Crippen LogP contribution in [0.2, 0.25) is 0 Å². The summed E-state index contributed by atoms with van der Waals surface area (Å²) in [7, 11) is 0. The van der Waals surface area contributed by atoms with Gasteiger partial charge >= 0.3 is 0 Å². The normalized spacial score (nSPS) is 17.6. The Morgan fingerprint density at radius 1 is 1.53 bits per heavy atom. The minimum Gasteiger partial charge on any atom is -0.351 e. The second-order valence-corrected chi connectivity index (χ2v) is 5.47. The number of nitrogens with zero attached hydrogens (tertiary/aromatic N) is 2. The Morgan fingerprint density at radius 3 is 2.89 bits per heavy atom. The average molecular weight is 265 g/mol. The van der Waals surface area contributed by atoms with Gasteiger partial charge in [0, 0.05) is 12.6 Å². The fraction of sp³-hybridized carbons (Fsp3) is 0.714. The Balaban J connectivity index is 1.60. The van der Waals surface area contributed by atoms with E-state index in [1.54, 1.807) is 13.0 Å². The van der Waals surface area contributed by atoms with Crippen molar-refractivity contribution in [2.45, 2.75) is 33.1 Å². The molecule has 1 aromatic heterocycles. The van der Waals surface area contributed by atoms with E-state index in [4.69, 9.17) is 4.52 Å². The second kappa shape index (κ2) is 6.70. The van der Waals surface area contributed by atoms with Gasteiger partial charge in [-0.25, -0.2) is 0 Å². The number of rotatable bonds is 5. The predicted molar refractivity (Wildman–Crippen MR) is 73.0 cm³/mol. The van der Waals surface area contributed by atoms with Crippen LogP contribution in [0.5, 0.6) is 0 Å². The maximum Gasteiger partial charge on any atom is 0.289 e. The van der Waals surface area contributed by atoms with Gasteiger partial charge in [0.15, 0.2) is 0 Å². The highest BCUT2D eigenvalue weighted by Gasteiger charge is 2.15. The van der Waals surface area contributed by atoms with E-state index < -0.39 is 0 Å². The maximum atomic E-state index is 11.7. The summed E-state index contributed by atoms with van der Waals surface area (Å²) in [5.74, 6) is 0.989. The van der Waals surface area contributed by atoms with Crippen molar-refractivity contribution >= 4 is 5.91 Å². The molecular formula is C14H23N3O2. The fourth-order valence-electron chi connectivity index (χ4n) is 2.35. The van der Waals surface area contributed by atoms with Crippen LogP contribution in [0.3, 0.4) is 0 Å². The first-order valence-corrected chi connectivity index (χ1v) is 7.09. The van der Waals surface area contributed by atoms with Crippen molar-refractivity contribution in [3.63, 3.8) is 0 Å². The highest BCUT2D eigenvalue weighted by atomic mass is 16.5. The number of aryl methyl sites for hydroxylation is 1. The Morgan fingerprint density at radius 2 is 2.26 bits per heavy atom. The van der Waals surface area contributed by atoms with E-state index >= 15 is 0 Å². The van der Waals surface area contributed by atoms with Crippen LogP contribution in [0.4, 0.5) is 0 Å². The second-order valence-electron chi connectivity index (χ2n) is 5.47. The third-order valence-electron chi connectivity index (χ3n) is 3.66. The van der Waals surface area contributed by atoms with E-state index in [9.17, 15) is 4.79 Å². The first-order valence-electron chi connectivity index (χ1n) is 7.09. The zero-order valence-corrected chi connectivity index (χ0v) is 11.8. The van der Waals surface area contributed by atoms with Gasteiger partial charge in [0.1, 0.15) is 0 Å². The first kappa shape index (κ1) is 14.1. The molecule has 1 aliphatic rings. The molecule has 0 atom stereocenters. The van der Waals surface area contributed by atoms with Gasteiger partial charge in [-0.15, -0.1) is 0 Å². The zero-order valence-electron chi connectivity index (χ0n) is 11.8. The smallest absolute Gasteiger partial charge is 0.289 e. The molecule has 0 aliphatic carbocycles. The van der Waals surface area contributed by atoms with E-state index in [1.807, 2.05) is 0 Å². The summed E-state index contributed by atoms with van der Waals surface area (Å²) in [6.07, 6.45) is 3.57. The van der Waals surface area contributed by atoms with E-state index in [0.717, 1.165) is 24.6 Å². The topological polar surface area (TPSA) is 58.4 Å². The van der Waals surface area contributed by atoms with E-state index in [-0.39, 0.29) is 5.91 Å². The van der Waals surface area contributed by atoms with Crippen LogP contribution < -0.4 is 5.32 Å². The zero-order chi connectivity index (χ0) is 13.7. The Labute approximate surface area is 114 Å². The van der Waals surface area contributed by atoms with Gasteiger partial charge in [-0.1, -0.05) is 12.1 Å². The van der Waals surface area contributed by atoms with E-state index in [2.05, 4.69) is 22.3 Å². The number of aromatic nitrogens is 1. The first-order chi connectivity index (χ1) is 9.15. The minimum atomic E-state index is -0.173. The highest BCUT2D eigenvalue weighted by Crippen LogP contribution is 2.15. The van der Waals surface area contributed by atoms with Gasteiger partial charge in [-0.2, -0.15) is 0 Å². The molecule has 2 rings (SSSR count). The van der Waals surface area contributed by atoms with E-state index in [1.165, 1.54) is 25.9 Å². The number of nitrogens with one attached hydrogen (secondary N) is 1. The molecule has 5 heteroatoms. The van der Waals surface area contributed by atoms with Gasteiger partial charge in [-0.3, -0.25) is 4.79 Å². The van der Waals surface area contributed by atoms with Crippen molar-refractivity contribution in [1.29, 1.82) is 0 Å². The van der Waals surface area contributed by atoms with Crippen molar-refractivity contribution in [1.82, 2.24) is 15.4 Å². The fourth-order valence-corrected chi connectivity index (χ4v) is 2.35. The van der Waals surface area contributed by atoms with Gasteiger partial charge in [-0.05, 0) is 51.7 Å². The quantitative estimate of drug-likeness (QED) is 0.825. The van der Waals surface area contributed by atoms with Crippen molar-refractivity contribution in [2.75, 3.05) is 26.2 Å². The third-order valence-corrected chi connectivity index (χ3v) is 3.66. The highest BCUT2D eigenvalue weighted by molar-refractivity contribution is 5.91. The molecule has 19 heavy (non-hydrogen) atoms. The van der Waals surface area contributed by atoms with Crippen LogP contribution in [-0.4, -0.2) is 42.1 Å². The van der Waals surface area contributed by atoms with Crippen LogP contribution in [0.1, 0.15) is 42.4 Å². The lowest BCUT2D eigenvalue weighted by atomic mass is 9.99. The number of likely N-dealkylation sites (tertiary alicyclic amines) is 1.